The zero-order valence-electron chi connectivity index (χ0n) is 19.3. The molecule has 0 saturated carbocycles. The van der Waals surface area contributed by atoms with Crippen molar-refractivity contribution < 1.29 is 38.5 Å². The summed E-state index contributed by atoms with van der Waals surface area (Å²) in [6, 6.07) is 16.2. The predicted molar refractivity (Wildman–Crippen MR) is 123 cm³/mol. The number of aliphatic carboxylic acids is 1. The van der Waals surface area contributed by atoms with Crippen molar-refractivity contribution in [1.82, 2.24) is 10.8 Å². The molecule has 35 heavy (non-hydrogen) atoms. The SMILES string of the molecule is COCC(ONC(=O)[C@@H]1CO[C@H](CNC(=O)OCC2c3ccccc3-c3ccccc32)C1)C(=O)O. The molecule has 3 atom stereocenters. The Bertz CT molecular complexity index is 1030. The number of hydrogen-bond donors (Lipinski definition) is 3. The van der Waals surface area contributed by atoms with Gasteiger partial charge in [0.25, 0.3) is 0 Å². The van der Waals surface area contributed by atoms with E-state index in [-0.39, 0.29) is 38.4 Å². The number of hydroxylamine groups is 1. The first-order valence-electron chi connectivity index (χ1n) is 11.4. The van der Waals surface area contributed by atoms with Gasteiger partial charge in [-0.15, -0.1) is 0 Å². The number of methoxy groups -OCH3 is 1. The Kier molecular flexibility index (Phi) is 7.96. The van der Waals surface area contributed by atoms with Gasteiger partial charge in [-0.05, 0) is 28.7 Å². The van der Waals surface area contributed by atoms with Gasteiger partial charge in [0.05, 0.1) is 25.2 Å². The van der Waals surface area contributed by atoms with Gasteiger partial charge < -0.3 is 24.6 Å². The predicted octanol–water partition coefficient (Wildman–Crippen LogP) is 2.08. The van der Waals surface area contributed by atoms with Crippen LogP contribution in [0.4, 0.5) is 4.79 Å². The zero-order valence-corrected chi connectivity index (χ0v) is 19.3. The van der Waals surface area contributed by atoms with Gasteiger partial charge in [0.2, 0.25) is 12.0 Å². The number of fused-ring (bicyclic) bond motifs is 3. The summed E-state index contributed by atoms with van der Waals surface area (Å²) < 4.78 is 15.8. The molecule has 3 N–H and O–H groups in total. The fourth-order valence-electron chi connectivity index (χ4n) is 4.40. The number of alkyl carbamates (subject to hydrolysis) is 1. The summed E-state index contributed by atoms with van der Waals surface area (Å²) in [7, 11) is 1.33. The molecule has 1 saturated heterocycles. The number of nitrogens with one attached hydrogen (secondary N) is 2. The van der Waals surface area contributed by atoms with Crippen molar-refractivity contribution in [2.75, 3.05) is 33.5 Å². The van der Waals surface area contributed by atoms with Gasteiger partial charge in [0, 0.05) is 19.6 Å². The molecule has 10 nitrogen and oxygen atoms in total. The lowest BCUT2D eigenvalue weighted by atomic mass is 9.98. The molecule has 1 heterocycles. The van der Waals surface area contributed by atoms with E-state index in [0.29, 0.717) is 6.42 Å². The molecule has 2 amide bonds. The maximum Gasteiger partial charge on any atom is 0.407 e. The minimum Gasteiger partial charge on any atom is -0.479 e. The van der Waals surface area contributed by atoms with E-state index in [2.05, 4.69) is 35.1 Å². The fourth-order valence-corrected chi connectivity index (χ4v) is 4.40. The van der Waals surface area contributed by atoms with Gasteiger partial charge in [-0.2, -0.15) is 0 Å². The van der Waals surface area contributed by atoms with Crippen LogP contribution in [0.15, 0.2) is 48.5 Å². The van der Waals surface area contributed by atoms with Gasteiger partial charge in [-0.3, -0.25) is 9.63 Å². The van der Waals surface area contributed by atoms with Crippen LogP contribution >= 0.6 is 0 Å². The number of rotatable bonds is 10. The Morgan fingerprint density at radius 1 is 1.09 bits per heavy atom. The Hall–Kier alpha value is -3.47. The summed E-state index contributed by atoms with van der Waals surface area (Å²) in [6.45, 7) is 0.320. The lowest BCUT2D eigenvalue weighted by Crippen LogP contribution is -2.40. The monoisotopic (exact) mass is 484 g/mol. The Balaban J connectivity index is 1.21. The first-order chi connectivity index (χ1) is 17.0. The van der Waals surface area contributed by atoms with Crippen molar-refractivity contribution in [2.45, 2.75) is 24.5 Å². The van der Waals surface area contributed by atoms with Crippen molar-refractivity contribution in [3.05, 3.63) is 59.7 Å². The Morgan fingerprint density at radius 3 is 2.37 bits per heavy atom. The van der Waals surface area contributed by atoms with Crippen LogP contribution in [0.2, 0.25) is 0 Å². The van der Waals surface area contributed by atoms with E-state index < -0.39 is 30.0 Å². The highest BCUT2D eigenvalue weighted by Gasteiger charge is 2.33. The van der Waals surface area contributed by atoms with Gasteiger partial charge in [0.15, 0.2) is 0 Å². The summed E-state index contributed by atoms with van der Waals surface area (Å²) in [5, 5.41) is 11.7. The highest BCUT2D eigenvalue weighted by atomic mass is 16.7. The normalized spacial score (nSPS) is 19.5. The molecular formula is C25H28N2O8. The zero-order chi connectivity index (χ0) is 24.8. The molecule has 2 aromatic carbocycles. The molecule has 0 spiro atoms. The second kappa shape index (κ2) is 11.3. The quantitative estimate of drug-likeness (QED) is 0.437. The standard InChI is InChI=1S/C25H28N2O8/c1-32-14-22(24(29)30)35-27-23(28)15-10-16(33-12-15)11-26-25(31)34-13-21-19-8-4-2-6-17(19)18-7-3-5-9-20(18)21/h2-9,15-16,21-22H,10-14H2,1H3,(H,26,31)(H,27,28)(H,29,30)/t15-,16-,22?/m0/s1. The van der Waals surface area contributed by atoms with Gasteiger partial charge in [-0.25, -0.2) is 15.1 Å². The molecule has 0 aromatic heterocycles. The van der Waals surface area contributed by atoms with E-state index in [9.17, 15) is 14.4 Å². The molecule has 1 aliphatic carbocycles. The number of ether oxygens (including phenoxy) is 3. The molecule has 4 rings (SSSR count). The highest BCUT2D eigenvalue weighted by Crippen LogP contribution is 2.44. The largest absolute Gasteiger partial charge is 0.479 e. The molecule has 2 aromatic rings. The first kappa shape index (κ1) is 24.6. The lowest BCUT2D eigenvalue weighted by molar-refractivity contribution is -0.166. The smallest absolute Gasteiger partial charge is 0.407 e. The first-order valence-corrected chi connectivity index (χ1v) is 11.4. The maximum absolute atomic E-state index is 12.3. The van der Waals surface area contributed by atoms with Crippen molar-refractivity contribution >= 4 is 18.0 Å². The summed E-state index contributed by atoms with van der Waals surface area (Å²) >= 11 is 0. The summed E-state index contributed by atoms with van der Waals surface area (Å²) in [5.41, 5.74) is 6.72. The minimum absolute atomic E-state index is 0.0308. The molecule has 1 fully saturated rings. The number of hydrogen-bond acceptors (Lipinski definition) is 7. The maximum atomic E-state index is 12.3. The van der Waals surface area contributed by atoms with Crippen LogP contribution in [0.5, 0.6) is 0 Å². The summed E-state index contributed by atoms with van der Waals surface area (Å²) in [5.74, 6) is -2.30. The number of carbonyl (C=O) groups excluding carboxylic acids is 2. The third-order valence-corrected chi connectivity index (χ3v) is 6.16. The van der Waals surface area contributed by atoms with Gasteiger partial charge >= 0.3 is 12.1 Å². The molecule has 0 radical (unpaired) electrons. The molecule has 1 unspecified atom stereocenters. The highest BCUT2D eigenvalue weighted by molar-refractivity contribution is 5.79. The lowest BCUT2D eigenvalue weighted by Gasteiger charge is -2.16. The van der Waals surface area contributed by atoms with E-state index >= 15 is 0 Å². The molecular weight excluding hydrogens is 456 g/mol. The number of carboxylic acid groups (broad SMARTS) is 1. The van der Waals surface area contributed by atoms with Crippen LogP contribution < -0.4 is 10.8 Å². The molecule has 10 heteroatoms. The van der Waals surface area contributed by atoms with E-state index in [1.807, 2.05) is 24.3 Å². The number of amides is 2. The molecule has 1 aliphatic heterocycles. The van der Waals surface area contributed by atoms with Crippen molar-refractivity contribution in [1.29, 1.82) is 0 Å². The second-order valence-electron chi connectivity index (χ2n) is 8.46. The third kappa shape index (κ3) is 5.79. The van der Waals surface area contributed by atoms with E-state index in [4.69, 9.17) is 24.2 Å². The van der Waals surface area contributed by atoms with E-state index in [1.165, 1.54) is 7.11 Å². The van der Waals surface area contributed by atoms with E-state index in [1.54, 1.807) is 0 Å². The minimum atomic E-state index is -1.31. The van der Waals surface area contributed by atoms with Crippen molar-refractivity contribution in [3.63, 3.8) is 0 Å². The van der Waals surface area contributed by atoms with Crippen LogP contribution in [0, 0.1) is 5.92 Å². The van der Waals surface area contributed by atoms with Crippen LogP contribution in [0.3, 0.4) is 0 Å². The van der Waals surface area contributed by atoms with Crippen molar-refractivity contribution in [3.8, 4) is 11.1 Å². The second-order valence-corrected chi connectivity index (χ2v) is 8.46. The average Bonchev–Trinajstić information content (AvgIpc) is 3.47. The number of benzene rings is 2. The van der Waals surface area contributed by atoms with Crippen molar-refractivity contribution in [2.24, 2.45) is 5.92 Å². The topological polar surface area (TPSA) is 132 Å². The molecule has 2 aliphatic rings. The van der Waals surface area contributed by atoms with Gasteiger partial charge in [0.1, 0.15) is 6.61 Å². The summed E-state index contributed by atoms with van der Waals surface area (Å²) in [4.78, 5) is 40.6. The average molecular weight is 485 g/mol. The number of carbonyl (C=O) groups is 3. The molecule has 0 bridgehead atoms. The molecule has 186 valence electrons. The van der Waals surface area contributed by atoms with Crippen LogP contribution in [-0.4, -0.2) is 68.8 Å². The third-order valence-electron chi connectivity index (χ3n) is 6.16. The Labute approximate surface area is 202 Å². The number of carboxylic acids is 1. The van der Waals surface area contributed by atoms with E-state index in [0.717, 1.165) is 22.3 Å². The fraction of sp³-hybridized carbons (Fsp3) is 0.400. The van der Waals surface area contributed by atoms with Crippen LogP contribution in [-0.2, 0) is 28.6 Å². The van der Waals surface area contributed by atoms with Gasteiger partial charge in [-0.1, -0.05) is 48.5 Å². The summed E-state index contributed by atoms with van der Waals surface area (Å²) in [6.07, 6.45) is -1.89. The van der Waals surface area contributed by atoms with Crippen LogP contribution in [0.25, 0.3) is 11.1 Å². The Morgan fingerprint density at radius 2 is 1.74 bits per heavy atom. The van der Waals surface area contributed by atoms with Crippen LogP contribution in [0.1, 0.15) is 23.5 Å².